The van der Waals surface area contributed by atoms with Crippen molar-refractivity contribution >= 4 is 6.09 Å². The molecule has 2 atom stereocenters. The Balaban J connectivity index is 1.88. The zero-order valence-corrected chi connectivity index (χ0v) is 15.9. The number of amides is 1. The van der Waals surface area contributed by atoms with Crippen LogP contribution >= 0.6 is 0 Å². The Labute approximate surface area is 155 Å². The Morgan fingerprint density at radius 3 is 2.50 bits per heavy atom. The number of benzene rings is 1. The molecule has 1 aromatic rings. The molecule has 26 heavy (non-hydrogen) atoms. The molecule has 0 bridgehead atoms. The number of carbonyl (C=O) groups excluding carboxylic acids is 1. The van der Waals surface area contributed by atoms with Crippen molar-refractivity contribution in [2.75, 3.05) is 13.2 Å². The van der Waals surface area contributed by atoms with Crippen molar-refractivity contribution < 1.29 is 19.0 Å². The van der Waals surface area contributed by atoms with Gasteiger partial charge in [-0.1, -0.05) is 36.4 Å². The van der Waals surface area contributed by atoms with E-state index in [1.165, 1.54) is 5.56 Å². The molecular formula is C21H29NO4. The van der Waals surface area contributed by atoms with E-state index in [0.717, 1.165) is 6.42 Å². The summed E-state index contributed by atoms with van der Waals surface area (Å²) in [5.74, 6) is -0.628. The van der Waals surface area contributed by atoms with Crippen LogP contribution in [0.2, 0.25) is 0 Å². The Hall–Kier alpha value is -1.85. The molecule has 0 aliphatic carbocycles. The van der Waals surface area contributed by atoms with Gasteiger partial charge in [0.2, 0.25) is 0 Å². The Kier molecular flexibility index (Phi) is 5.39. The van der Waals surface area contributed by atoms with E-state index in [4.69, 9.17) is 14.2 Å². The highest BCUT2D eigenvalue weighted by atomic mass is 16.7. The summed E-state index contributed by atoms with van der Waals surface area (Å²) in [6.07, 6.45) is 3.43. The molecule has 0 N–H and O–H groups in total. The number of nitrogens with zero attached hydrogens (tertiary/aromatic N) is 1. The van der Waals surface area contributed by atoms with Crippen molar-refractivity contribution in [3.05, 3.63) is 48.6 Å². The summed E-state index contributed by atoms with van der Waals surface area (Å²) < 4.78 is 17.6. The molecule has 1 spiro atoms. The average Bonchev–Trinajstić information content (AvgIpc) is 3.01. The van der Waals surface area contributed by atoms with Gasteiger partial charge in [-0.15, -0.1) is 6.58 Å². The third-order valence-electron chi connectivity index (χ3n) is 4.82. The highest BCUT2D eigenvalue weighted by Crippen LogP contribution is 2.39. The van der Waals surface area contributed by atoms with E-state index in [1.54, 1.807) is 6.08 Å². The maximum absolute atomic E-state index is 13.0. The molecule has 2 aliphatic heterocycles. The van der Waals surface area contributed by atoms with Crippen molar-refractivity contribution in [1.29, 1.82) is 0 Å². The van der Waals surface area contributed by atoms with Crippen molar-refractivity contribution in [3.8, 4) is 0 Å². The number of rotatable bonds is 3. The first kappa shape index (κ1) is 18.9. The SMILES string of the molecule is C=CC1CC2(CC(Cc3ccccc3)N1C(=O)OC(C)(C)C)OCCO2. The van der Waals surface area contributed by atoms with E-state index in [1.807, 2.05) is 43.9 Å². The minimum Gasteiger partial charge on any atom is -0.444 e. The minimum absolute atomic E-state index is 0.0814. The molecular weight excluding hydrogens is 330 g/mol. The van der Waals surface area contributed by atoms with Crippen molar-refractivity contribution in [1.82, 2.24) is 4.90 Å². The monoisotopic (exact) mass is 359 g/mol. The first-order valence-electron chi connectivity index (χ1n) is 9.28. The lowest BCUT2D eigenvalue weighted by molar-refractivity contribution is -0.201. The Bertz CT molecular complexity index is 631. The van der Waals surface area contributed by atoms with Gasteiger partial charge in [-0.05, 0) is 32.8 Å². The van der Waals surface area contributed by atoms with E-state index in [0.29, 0.717) is 26.1 Å². The van der Waals surface area contributed by atoms with E-state index in [9.17, 15) is 4.79 Å². The normalized spacial score (nSPS) is 25.3. The quantitative estimate of drug-likeness (QED) is 0.768. The second-order valence-electron chi connectivity index (χ2n) is 8.05. The van der Waals surface area contributed by atoms with Crippen LogP contribution in [0.3, 0.4) is 0 Å². The van der Waals surface area contributed by atoms with E-state index in [2.05, 4.69) is 18.7 Å². The lowest BCUT2D eigenvalue weighted by Gasteiger charge is -2.47. The van der Waals surface area contributed by atoms with Crippen LogP contribution in [0.1, 0.15) is 39.2 Å². The molecule has 2 unspecified atom stereocenters. The minimum atomic E-state index is -0.628. The van der Waals surface area contributed by atoms with Crippen LogP contribution < -0.4 is 0 Å². The molecule has 5 nitrogen and oxygen atoms in total. The van der Waals surface area contributed by atoms with Gasteiger partial charge < -0.3 is 14.2 Å². The van der Waals surface area contributed by atoms with Gasteiger partial charge in [0.25, 0.3) is 0 Å². The highest BCUT2D eigenvalue weighted by Gasteiger charge is 2.50. The topological polar surface area (TPSA) is 48.0 Å². The molecule has 2 aliphatic rings. The molecule has 142 valence electrons. The zero-order chi connectivity index (χ0) is 18.8. The van der Waals surface area contributed by atoms with E-state index >= 15 is 0 Å². The van der Waals surface area contributed by atoms with Crippen LogP contribution in [0.5, 0.6) is 0 Å². The lowest BCUT2D eigenvalue weighted by atomic mass is 9.87. The zero-order valence-electron chi connectivity index (χ0n) is 15.9. The second kappa shape index (κ2) is 7.41. The summed E-state index contributed by atoms with van der Waals surface area (Å²) in [5.41, 5.74) is 0.624. The fourth-order valence-corrected chi connectivity index (χ4v) is 3.81. The maximum Gasteiger partial charge on any atom is 0.411 e. The second-order valence-corrected chi connectivity index (χ2v) is 8.05. The van der Waals surface area contributed by atoms with E-state index in [-0.39, 0.29) is 18.2 Å². The maximum atomic E-state index is 13.0. The van der Waals surface area contributed by atoms with Crippen molar-refractivity contribution in [3.63, 3.8) is 0 Å². The van der Waals surface area contributed by atoms with Crippen LogP contribution in [0.4, 0.5) is 4.79 Å². The van der Waals surface area contributed by atoms with Gasteiger partial charge in [-0.3, -0.25) is 4.90 Å². The van der Waals surface area contributed by atoms with Gasteiger partial charge >= 0.3 is 6.09 Å². The van der Waals surface area contributed by atoms with Crippen LogP contribution in [-0.4, -0.2) is 47.7 Å². The first-order valence-corrected chi connectivity index (χ1v) is 9.28. The van der Waals surface area contributed by atoms with Crippen LogP contribution in [-0.2, 0) is 20.6 Å². The predicted molar refractivity (Wildman–Crippen MR) is 99.9 cm³/mol. The number of hydrogen-bond acceptors (Lipinski definition) is 4. The van der Waals surface area contributed by atoms with Crippen LogP contribution in [0.25, 0.3) is 0 Å². The summed E-state index contributed by atoms with van der Waals surface area (Å²) in [4.78, 5) is 14.8. The molecule has 2 heterocycles. The summed E-state index contributed by atoms with van der Waals surface area (Å²) >= 11 is 0. The number of carbonyl (C=O) groups is 1. The molecule has 5 heteroatoms. The molecule has 2 fully saturated rings. The van der Waals surface area contributed by atoms with Gasteiger partial charge in [-0.25, -0.2) is 4.79 Å². The third-order valence-corrected chi connectivity index (χ3v) is 4.82. The average molecular weight is 359 g/mol. The van der Waals surface area contributed by atoms with Gasteiger partial charge in [0.15, 0.2) is 5.79 Å². The van der Waals surface area contributed by atoms with Gasteiger partial charge in [-0.2, -0.15) is 0 Å². The molecule has 1 amide bonds. The first-order chi connectivity index (χ1) is 12.3. The van der Waals surface area contributed by atoms with E-state index < -0.39 is 11.4 Å². The largest absolute Gasteiger partial charge is 0.444 e. The molecule has 0 aromatic heterocycles. The summed E-state index contributed by atoms with van der Waals surface area (Å²) in [6, 6.07) is 9.90. The van der Waals surface area contributed by atoms with Gasteiger partial charge in [0, 0.05) is 18.9 Å². The lowest BCUT2D eigenvalue weighted by Crippen LogP contribution is -2.59. The number of ether oxygens (including phenoxy) is 3. The molecule has 3 rings (SSSR count). The highest BCUT2D eigenvalue weighted by molar-refractivity contribution is 5.69. The number of hydrogen-bond donors (Lipinski definition) is 0. The fraction of sp³-hybridized carbons (Fsp3) is 0.571. The smallest absolute Gasteiger partial charge is 0.411 e. The van der Waals surface area contributed by atoms with Gasteiger partial charge in [0.05, 0.1) is 19.3 Å². The number of likely N-dealkylation sites (tertiary alicyclic amines) is 1. The molecule has 2 saturated heterocycles. The van der Waals surface area contributed by atoms with Crippen LogP contribution in [0.15, 0.2) is 43.0 Å². The predicted octanol–water partition coefficient (Wildman–Crippen LogP) is 3.93. The molecule has 1 aromatic carbocycles. The fourth-order valence-electron chi connectivity index (χ4n) is 3.81. The van der Waals surface area contributed by atoms with Crippen molar-refractivity contribution in [2.24, 2.45) is 0 Å². The third kappa shape index (κ3) is 4.27. The van der Waals surface area contributed by atoms with Gasteiger partial charge in [0.1, 0.15) is 5.60 Å². The molecule has 0 radical (unpaired) electrons. The summed E-state index contributed by atoms with van der Waals surface area (Å²) in [7, 11) is 0. The Morgan fingerprint density at radius 2 is 1.92 bits per heavy atom. The molecule has 0 saturated carbocycles. The Morgan fingerprint density at radius 1 is 1.27 bits per heavy atom. The summed E-state index contributed by atoms with van der Waals surface area (Å²) in [5, 5.41) is 0. The summed E-state index contributed by atoms with van der Waals surface area (Å²) in [6.45, 7) is 10.8. The van der Waals surface area contributed by atoms with Crippen LogP contribution in [0, 0.1) is 0 Å². The van der Waals surface area contributed by atoms with Crippen molar-refractivity contribution in [2.45, 2.75) is 63.5 Å². The number of piperidine rings is 1. The standard InChI is InChI=1S/C21H29NO4/c1-5-17-14-21(24-11-12-25-21)15-18(13-16-9-7-6-8-10-16)22(17)19(23)26-20(2,3)4/h5-10,17-18H,1,11-15H2,2-4H3.